The average Bonchev–Trinajstić information content (AvgIpc) is 2.44. The zero-order chi connectivity index (χ0) is 13.5. The molecule has 1 nitrogen and oxygen atoms in total. The van der Waals surface area contributed by atoms with Crippen molar-refractivity contribution >= 4 is 23.4 Å². The van der Waals surface area contributed by atoms with Crippen molar-refractivity contribution < 1.29 is 0 Å². The lowest BCUT2D eigenvalue weighted by molar-refractivity contribution is 0.461. The highest BCUT2D eigenvalue weighted by molar-refractivity contribution is 8.00. The van der Waals surface area contributed by atoms with Gasteiger partial charge in [0, 0.05) is 16.3 Å². The fraction of sp³-hybridized carbons (Fsp3) is 0.625. The monoisotopic (exact) mass is 297 g/mol. The lowest BCUT2D eigenvalue weighted by atomic mass is 9.99. The zero-order valence-electron chi connectivity index (χ0n) is 11.7. The van der Waals surface area contributed by atoms with Gasteiger partial charge in [0.25, 0.3) is 0 Å². The molecule has 0 bridgehead atoms. The van der Waals surface area contributed by atoms with Gasteiger partial charge in [0.2, 0.25) is 0 Å². The molecule has 1 saturated heterocycles. The lowest BCUT2D eigenvalue weighted by Gasteiger charge is -2.31. The van der Waals surface area contributed by atoms with Crippen LogP contribution >= 0.6 is 23.4 Å². The van der Waals surface area contributed by atoms with Gasteiger partial charge in [-0.25, -0.2) is 0 Å². The Morgan fingerprint density at radius 3 is 3.00 bits per heavy atom. The summed E-state index contributed by atoms with van der Waals surface area (Å²) in [5.74, 6) is 1.32. The third-order valence-corrected chi connectivity index (χ3v) is 5.42. The van der Waals surface area contributed by atoms with Gasteiger partial charge in [0.05, 0.1) is 0 Å². The highest BCUT2D eigenvalue weighted by atomic mass is 35.5. The molecule has 2 atom stereocenters. The first-order valence-electron chi connectivity index (χ1n) is 7.39. The molecule has 0 saturated carbocycles. The minimum absolute atomic E-state index is 0.587. The van der Waals surface area contributed by atoms with E-state index in [0.29, 0.717) is 6.04 Å². The van der Waals surface area contributed by atoms with Gasteiger partial charge in [-0.2, -0.15) is 11.8 Å². The third-order valence-electron chi connectivity index (χ3n) is 3.66. The Balaban J connectivity index is 1.99. The third kappa shape index (κ3) is 5.02. The maximum Gasteiger partial charge on any atom is 0.0408 e. The first kappa shape index (κ1) is 15.2. The fourth-order valence-electron chi connectivity index (χ4n) is 2.67. The Bertz CT molecular complexity index is 377. The van der Waals surface area contributed by atoms with Gasteiger partial charge in [0.1, 0.15) is 0 Å². The molecule has 1 aromatic carbocycles. The summed E-state index contributed by atoms with van der Waals surface area (Å²) in [4.78, 5) is 0. The molecule has 3 heteroatoms. The van der Waals surface area contributed by atoms with E-state index in [-0.39, 0.29) is 0 Å². The summed E-state index contributed by atoms with van der Waals surface area (Å²) in [5, 5.41) is 5.36. The van der Waals surface area contributed by atoms with E-state index in [0.717, 1.165) is 23.2 Å². The number of nitrogens with one attached hydrogen (secondary N) is 1. The average molecular weight is 298 g/mol. The van der Waals surface area contributed by atoms with Crippen LogP contribution < -0.4 is 5.32 Å². The van der Waals surface area contributed by atoms with Crippen LogP contribution in [0.4, 0.5) is 0 Å². The largest absolute Gasteiger partial charge is 0.313 e. The number of rotatable bonds is 6. The Kier molecular flexibility index (Phi) is 6.55. The van der Waals surface area contributed by atoms with Gasteiger partial charge >= 0.3 is 0 Å². The SMILES string of the molecule is CCCNC(Cc1cccc(Cl)c1)C1CCCCS1. The molecule has 1 aliphatic heterocycles. The van der Waals surface area contributed by atoms with Crippen LogP contribution in [0.3, 0.4) is 0 Å². The Labute approximate surface area is 126 Å². The highest BCUT2D eigenvalue weighted by Gasteiger charge is 2.23. The standard InChI is InChI=1S/C16H24ClNS/c1-2-9-18-15(16-8-3-4-10-19-16)12-13-6-5-7-14(17)11-13/h5-7,11,15-16,18H,2-4,8-10,12H2,1H3. The molecule has 2 rings (SSSR count). The molecule has 0 amide bonds. The van der Waals surface area contributed by atoms with Crippen molar-refractivity contribution in [3.63, 3.8) is 0 Å². The van der Waals surface area contributed by atoms with Crippen LogP contribution in [0, 0.1) is 0 Å². The summed E-state index contributed by atoms with van der Waals surface area (Å²) in [5.41, 5.74) is 1.35. The van der Waals surface area contributed by atoms with E-state index < -0.39 is 0 Å². The van der Waals surface area contributed by atoms with E-state index in [2.05, 4.69) is 42.2 Å². The maximum atomic E-state index is 6.09. The molecule has 1 aliphatic rings. The van der Waals surface area contributed by atoms with E-state index in [9.17, 15) is 0 Å². The smallest absolute Gasteiger partial charge is 0.0408 e. The topological polar surface area (TPSA) is 12.0 Å². The van der Waals surface area contributed by atoms with Crippen molar-refractivity contribution in [3.8, 4) is 0 Å². The van der Waals surface area contributed by atoms with E-state index in [1.165, 1.54) is 37.0 Å². The van der Waals surface area contributed by atoms with Crippen LogP contribution in [0.5, 0.6) is 0 Å². The predicted octanol–water partition coefficient (Wildman–Crippen LogP) is 4.54. The fourth-order valence-corrected chi connectivity index (χ4v) is 4.31. The van der Waals surface area contributed by atoms with Crippen molar-refractivity contribution in [3.05, 3.63) is 34.9 Å². The molecule has 1 N–H and O–H groups in total. The Morgan fingerprint density at radius 2 is 2.32 bits per heavy atom. The van der Waals surface area contributed by atoms with Crippen molar-refractivity contribution in [2.75, 3.05) is 12.3 Å². The number of halogens is 1. The van der Waals surface area contributed by atoms with Gasteiger partial charge < -0.3 is 5.32 Å². The first-order valence-corrected chi connectivity index (χ1v) is 8.81. The van der Waals surface area contributed by atoms with Crippen LogP contribution in [0.2, 0.25) is 5.02 Å². The summed E-state index contributed by atoms with van der Waals surface area (Å²) in [6, 6.07) is 8.90. The minimum atomic E-state index is 0.587. The normalized spacial score (nSPS) is 21.3. The highest BCUT2D eigenvalue weighted by Crippen LogP contribution is 2.29. The van der Waals surface area contributed by atoms with E-state index in [4.69, 9.17) is 11.6 Å². The van der Waals surface area contributed by atoms with Crippen molar-refractivity contribution in [1.29, 1.82) is 0 Å². The molecule has 19 heavy (non-hydrogen) atoms. The van der Waals surface area contributed by atoms with E-state index in [1.807, 2.05) is 6.07 Å². The van der Waals surface area contributed by atoms with Gasteiger partial charge in [-0.1, -0.05) is 37.1 Å². The Hall–Kier alpha value is -0.180. The molecule has 106 valence electrons. The molecule has 0 radical (unpaired) electrons. The predicted molar refractivity (Wildman–Crippen MR) is 87.3 cm³/mol. The molecular weight excluding hydrogens is 274 g/mol. The molecule has 0 aliphatic carbocycles. The molecule has 0 aromatic heterocycles. The van der Waals surface area contributed by atoms with Gasteiger partial charge in [-0.05, 0) is 55.7 Å². The van der Waals surface area contributed by atoms with Crippen LogP contribution in [0.25, 0.3) is 0 Å². The van der Waals surface area contributed by atoms with Crippen molar-refractivity contribution in [1.82, 2.24) is 5.32 Å². The zero-order valence-corrected chi connectivity index (χ0v) is 13.3. The summed E-state index contributed by atoms with van der Waals surface area (Å²) in [6.45, 7) is 3.35. The molecule has 0 spiro atoms. The number of hydrogen-bond donors (Lipinski definition) is 1. The second-order valence-corrected chi connectivity index (χ2v) is 7.08. The lowest BCUT2D eigenvalue weighted by Crippen LogP contribution is -2.41. The molecular formula is C16H24ClNS. The van der Waals surface area contributed by atoms with E-state index >= 15 is 0 Å². The quantitative estimate of drug-likeness (QED) is 0.827. The maximum absolute atomic E-state index is 6.09. The van der Waals surface area contributed by atoms with Crippen LogP contribution in [-0.4, -0.2) is 23.6 Å². The number of thioether (sulfide) groups is 1. The summed E-state index contributed by atoms with van der Waals surface area (Å²) in [7, 11) is 0. The van der Waals surface area contributed by atoms with Gasteiger partial charge in [-0.3, -0.25) is 0 Å². The second kappa shape index (κ2) is 8.18. The number of benzene rings is 1. The summed E-state index contributed by atoms with van der Waals surface area (Å²) < 4.78 is 0. The summed E-state index contributed by atoms with van der Waals surface area (Å²) in [6.07, 6.45) is 6.42. The van der Waals surface area contributed by atoms with Crippen molar-refractivity contribution in [2.45, 2.75) is 50.3 Å². The van der Waals surface area contributed by atoms with Gasteiger partial charge in [-0.15, -0.1) is 0 Å². The molecule has 1 fully saturated rings. The molecule has 1 aromatic rings. The van der Waals surface area contributed by atoms with Crippen LogP contribution in [-0.2, 0) is 6.42 Å². The minimum Gasteiger partial charge on any atom is -0.313 e. The second-order valence-electron chi connectivity index (χ2n) is 5.30. The summed E-state index contributed by atoms with van der Waals surface area (Å²) >= 11 is 8.24. The van der Waals surface area contributed by atoms with Crippen LogP contribution in [0.15, 0.2) is 24.3 Å². The van der Waals surface area contributed by atoms with Crippen molar-refractivity contribution in [2.24, 2.45) is 0 Å². The van der Waals surface area contributed by atoms with E-state index in [1.54, 1.807) is 0 Å². The number of hydrogen-bond acceptors (Lipinski definition) is 2. The van der Waals surface area contributed by atoms with Crippen LogP contribution in [0.1, 0.15) is 38.2 Å². The first-order chi connectivity index (χ1) is 9.29. The molecule has 2 unspecified atom stereocenters. The molecule has 1 heterocycles. The van der Waals surface area contributed by atoms with Gasteiger partial charge in [0.15, 0.2) is 0 Å². The Morgan fingerprint density at radius 1 is 1.42 bits per heavy atom.